The topological polar surface area (TPSA) is 110 Å². The molecule has 0 spiro atoms. The average Bonchev–Trinajstić information content (AvgIpc) is 3.53. The monoisotopic (exact) mass is 570 g/mol. The van der Waals surface area contributed by atoms with Crippen molar-refractivity contribution in [1.82, 2.24) is 9.96 Å². The number of ether oxygens (including phenoxy) is 4. The number of aliphatic hydroxyl groups excluding tert-OH is 2. The van der Waals surface area contributed by atoms with Crippen LogP contribution in [0.5, 0.6) is 17.2 Å². The first kappa shape index (κ1) is 28.7. The van der Waals surface area contributed by atoms with Crippen molar-refractivity contribution in [2.24, 2.45) is 0 Å². The molecule has 0 aromatic heterocycles. The third-order valence-electron chi connectivity index (χ3n) is 6.07. The predicted molar refractivity (Wildman–Crippen MR) is 140 cm³/mol. The number of likely N-dealkylation sites (tertiary alicyclic amines) is 1. The molecule has 0 aliphatic carbocycles. The van der Waals surface area contributed by atoms with Crippen LogP contribution in [-0.4, -0.2) is 104 Å². The molecule has 2 N–H and O–H groups in total. The number of methoxy groups -OCH3 is 1. The standard InChI is InChI=1S/C26H32Cl2N2O8/c1-34-8-9-35-25-11-24(22(10-23(25)28)26(33)29-7-6-18(31)12-29)36-15-19(32)13-30-14-21(16-37-30)38-20-4-2-17(27)3-5-20/h2-5,10-11,18-19,21,31-32H,6-9,12-16H2,1H3/t18-,19-,21+/m0/s1. The van der Waals surface area contributed by atoms with E-state index in [0.717, 1.165) is 0 Å². The van der Waals surface area contributed by atoms with Crippen LogP contribution in [0.1, 0.15) is 16.8 Å². The van der Waals surface area contributed by atoms with Gasteiger partial charge in [0.1, 0.15) is 49.3 Å². The van der Waals surface area contributed by atoms with Crippen molar-refractivity contribution >= 4 is 29.1 Å². The summed E-state index contributed by atoms with van der Waals surface area (Å²) >= 11 is 12.3. The minimum atomic E-state index is -0.922. The van der Waals surface area contributed by atoms with Gasteiger partial charge in [-0.15, -0.1) is 0 Å². The van der Waals surface area contributed by atoms with Gasteiger partial charge in [0.15, 0.2) is 0 Å². The van der Waals surface area contributed by atoms with E-state index in [1.165, 1.54) is 12.1 Å². The van der Waals surface area contributed by atoms with E-state index in [4.69, 9.17) is 47.0 Å². The molecule has 1 amide bonds. The van der Waals surface area contributed by atoms with Crippen LogP contribution in [0.15, 0.2) is 36.4 Å². The summed E-state index contributed by atoms with van der Waals surface area (Å²) in [4.78, 5) is 20.4. The van der Waals surface area contributed by atoms with Crippen molar-refractivity contribution < 1.29 is 38.8 Å². The Morgan fingerprint density at radius 2 is 1.92 bits per heavy atom. The Hall–Kier alpha value is -2.31. The van der Waals surface area contributed by atoms with E-state index < -0.39 is 12.2 Å². The second kappa shape index (κ2) is 13.7. The molecule has 0 saturated carbocycles. The van der Waals surface area contributed by atoms with Gasteiger partial charge in [0.2, 0.25) is 0 Å². The van der Waals surface area contributed by atoms with Gasteiger partial charge < -0.3 is 34.1 Å². The molecule has 208 valence electrons. The maximum atomic E-state index is 13.2. The van der Waals surface area contributed by atoms with Gasteiger partial charge in [-0.1, -0.05) is 23.2 Å². The number of aliphatic hydroxyl groups is 2. The summed E-state index contributed by atoms with van der Waals surface area (Å²) in [6.45, 7) is 2.14. The number of halogens is 2. The molecule has 2 fully saturated rings. The molecule has 2 aromatic carbocycles. The van der Waals surface area contributed by atoms with Crippen molar-refractivity contribution in [2.75, 3.05) is 59.7 Å². The maximum absolute atomic E-state index is 13.2. The molecule has 0 radical (unpaired) electrons. The fraction of sp³-hybridized carbons (Fsp3) is 0.500. The first-order valence-electron chi connectivity index (χ1n) is 12.4. The van der Waals surface area contributed by atoms with Gasteiger partial charge >= 0.3 is 0 Å². The molecule has 3 atom stereocenters. The summed E-state index contributed by atoms with van der Waals surface area (Å²) in [5, 5.41) is 23.0. The molecule has 12 heteroatoms. The van der Waals surface area contributed by atoms with Crippen LogP contribution < -0.4 is 14.2 Å². The van der Waals surface area contributed by atoms with Crippen LogP contribution in [-0.2, 0) is 9.57 Å². The Bertz CT molecular complexity index is 1070. The number of rotatable bonds is 12. The Labute approximate surface area is 231 Å². The van der Waals surface area contributed by atoms with Gasteiger partial charge in [-0.25, -0.2) is 0 Å². The number of carbonyl (C=O) groups excluding carboxylic acids is 1. The number of amides is 1. The summed E-state index contributed by atoms with van der Waals surface area (Å²) in [7, 11) is 1.56. The average molecular weight is 571 g/mol. The van der Waals surface area contributed by atoms with Gasteiger partial charge in [0.05, 0.1) is 36.4 Å². The Kier molecular flexibility index (Phi) is 10.3. The first-order chi connectivity index (χ1) is 18.3. The van der Waals surface area contributed by atoms with Crippen LogP contribution in [0.3, 0.4) is 0 Å². The second-order valence-corrected chi connectivity index (χ2v) is 9.96. The molecule has 2 aliphatic rings. The number of benzene rings is 2. The zero-order valence-corrected chi connectivity index (χ0v) is 22.6. The van der Waals surface area contributed by atoms with Crippen LogP contribution in [0.2, 0.25) is 10.0 Å². The highest BCUT2D eigenvalue weighted by atomic mass is 35.5. The fourth-order valence-corrected chi connectivity index (χ4v) is 4.51. The van der Waals surface area contributed by atoms with E-state index in [0.29, 0.717) is 49.2 Å². The minimum absolute atomic E-state index is 0.107. The largest absolute Gasteiger partial charge is 0.490 e. The Morgan fingerprint density at radius 3 is 2.63 bits per heavy atom. The predicted octanol–water partition coefficient (Wildman–Crippen LogP) is 2.66. The number of hydrogen-bond donors (Lipinski definition) is 2. The number of carbonyl (C=O) groups is 1. The third kappa shape index (κ3) is 7.86. The molecule has 2 aromatic rings. The zero-order valence-electron chi connectivity index (χ0n) is 21.1. The molecule has 0 bridgehead atoms. The fourth-order valence-electron chi connectivity index (χ4n) is 4.16. The molecule has 10 nitrogen and oxygen atoms in total. The summed E-state index contributed by atoms with van der Waals surface area (Å²) in [5.41, 5.74) is 0.226. The van der Waals surface area contributed by atoms with Gasteiger partial charge in [-0.05, 0) is 36.8 Å². The van der Waals surface area contributed by atoms with E-state index >= 15 is 0 Å². The van der Waals surface area contributed by atoms with Gasteiger partial charge in [-0.3, -0.25) is 9.63 Å². The highest BCUT2D eigenvalue weighted by molar-refractivity contribution is 6.32. The van der Waals surface area contributed by atoms with Gasteiger partial charge in [0, 0.05) is 31.3 Å². The van der Waals surface area contributed by atoms with Crippen LogP contribution >= 0.6 is 23.2 Å². The van der Waals surface area contributed by atoms with E-state index in [2.05, 4.69) is 0 Å². The summed E-state index contributed by atoms with van der Waals surface area (Å²) in [6.07, 6.45) is -1.18. The van der Waals surface area contributed by atoms with Crippen LogP contribution in [0, 0.1) is 0 Å². The van der Waals surface area contributed by atoms with E-state index in [-0.39, 0.29) is 54.7 Å². The third-order valence-corrected chi connectivity index (χ3v) is 6.62. The van der Waals surface area contributed by atoms with Gasteiger partial charge in [-0.2, -0.15) is 5.06 Å². The maximum Gasteiger partial charge on any atom is 0.257 e. The SMILES string of the molecule is COCCOc1cc(OC[C@@H](O)CN2C[C@@H](Oc3ccc(Cl)cc3)CO2)c(C(=O)N2CC[C@H](O)C2)cc1Cl. The minimum Gasteiger partial charge on any atom is -0.490 e. The van der Waals surface area contributed by atoms with Crippen molar-refractivity contribution in [3.63, 3.8) is 0 Å². The molecule has 38 heavy (non-hydrogen) atoms. The highest BCUT2D eigenvalue weighted by Gasteiger charge is 2.30. The van der Waals surface area contributed by atoms with Crippen LogP contribution in [0.4, 0.5) is 0 Å². The Morgan fingerprint density at radius 1 is 1.13 bits per heavy atom. The van der Waals surface area contributed by atoms with E-state index in [1.54, 1.807) is 41.3 Å². The lowest BCUT2D eigenvalue weighted by Crippen LogP contribution is -2.35. The lowest BCUT2D eigenvalue weighted by Gasteiger charge is -2.22. The summed E-state index contributed by atoms with van der Waals surface area (Å²) in [5.74, 6) is 0.916. The van der Waals surface area contributed by atoms with Crippen molar-refractivity contribution in [3.8, 4) is 17.2 Å². The van der Waals surface area contributed by atoms with E-state index in [1.807, 2.05) is 0 Å². The molecule has 4 rings (SSSR count). The molecule has 2 aliphatic heterocycles. The van der Waals surface area contributed by atoms with Gasteiger partial charge in [0.25, 0.3) is 5.91 Å². The number of β-amino-alcohol motifs (C(OH)–C–C–N with tert-alkyl or cyclic N) is 2. The normalized spacial score (nSPS) is 20.5. The lowest BCUT2D eigenvalue weighted by atomic mass is 10.1. The number of nitrogens with zero attached hydrogens (tertiary/aromatic N) is 2. The van der Waals surface area contributed by atoms with Crippen molar-refractivity contribution in [2.45, 2.75) is 24.7 Å². The zero-order chi connectivity index (χ0) is 27.1. The smallest absolute Gasteiger partial charge is 0.257 e. The lowest BCUT2D eigenvalue weighted by molar-refractivity contribution is -0.131. The quantitative estimate of drug-likeness (QED) is 0.372. The van der Waals surface area contributed by atoms with E-state index in [9.17, 15) is 15.0 Å². The molecule has 2 heterocycles. The van der Waals surface area contributed by atoms with Crippen LogP contribution in [0.25, 0.3) is 0 Å². The molecular weight excluding hydrogens is 539 g/mol. The Balaban J connectivity index is 1.36. The van der Waals surface area contributed by atoms with Crippen molar-refractivity contribution in [1.29, 1.82) is 0 Å². The second-order valence-electron chi connectivity index (χ2n) is 9.12. The number of hydrogen-bond acceptors (Lipinski definition) is 9. The number of hydroxylamine groups is 2. The van der Waals surface area contributed by atoms with Crippen molar-refractivity contribution in [3.05, 3.63) is 52.0 Å². The molecule has 0 unspecified atom stereocenters. The highest BCUT2D eigenvalue weighted by Crippen LogP contribution is 2.34. The first-order valence-corrected chi connectivity index (χ1v) is 13.1. The summed E-state index contributed by atoms with van der Waals surface area (Å²) < 4.78 is 22.5. The molecular formula is C26H32Cl2N2O8. The molecule has 2 saturated heterocycles. The summed E-state index contributed by atoms with van der Waals surface area (Å²) in [6, 6.07) is 10.1.